The summed E-state index contributed by atoms with van der Waals surface area (Å²) in [6, 6.07) is 12.0. The number of phenolic OH excluding ortho intramolecular Hbond substituents is 1. The van der Waals surface area contributed by atoms with Crippen molar-refractivity contribution in [2.75, 3.05) is 11.9 Å². The minimum atomic E-state index is -0.275. The minimum absolute atomic E-state index is 0.234. The Morgan fingerprint density at radius 1 is 1.22 bits per heavy atom. The van der Waals surface area contributed by atoms with Crippen molar-refractivity contribution in [3.8, 4) is 5.75 Å². The third-order valence-electron chi connectivity index (χ3n) is 3.39. The maximum absolute atomic E-state index is 11.9. The highest BCUT2D eigenvalue weighted by Gasteiger charge is 2.06. The zero-order chi connectivity index (χ0) is 16.2. The number of nitrogens with one attached hydrogen (secondary N) is 2. The molecule has 3 rings (SSSR count). The summed E-state index contributed by atoms with van der Waals surface area (Å²) >= 11 is 0. The number of aryl methyl sites for hydroxylation is 1. The summed E-state index contributed by atoms with van der Waals surface area (Å²) in [4.78, 5) is 16.1. The molecule has 3 N–H and O–H groups in total. The van der Waals surface area contributed by atoms with Crippen LogP contribution in [0.25, 0.3) is 11.1 Å². The molecule has 3 aromatic rings. The number of nitrogens with zero attached hydrogens (tertiary/aromatic N) is 1. The fourth-order valence-electron chi connectivity index (χ4n) is 2.28. The van der Waals surface area contributed by atoms with Gasteiger partial charge < -0.3 is 20.2 Å². The normalized spacial score (nSPS) is 10.7. The van der Waals surface area contributed by atoms with E-state index in [-0.39, 0.29) is 11.8 Å². The Kier molecular flexibility index (Phi) is 4.14. The van der Waals surface area contributed by atoms with Crippen LogP contribution in [0, 0.1) is 6.92 Å². The number of rotatable bonds is 4. The van der Waals surface area contributed by atoms with Crippen molar-refractivity contribution in [2.45, 2.75) is 13.3 Å². The molecule has 6 heteroatoms. The number of fused-ring (bicyclic) bond motifs is 1. The Bertz CT molecular complexity index is 825. The first kappa shape index (κ1) is 14.9. The van der Waals surface area contributed by atoms with Gasteiger partial charge in [-0.2, -0.15) is 0 Å². The third-order valence-corrected chi connectivity index (χ3v) is 3.39. The molecule has 0 atom stereocenters. The third kappa shape index (κ3) is 3.79. The maximum Gasteiger partial charge on any atom is 0.319 e. The molecule has 2 amide bonds. The molecule has 0 aliphatic rings. The first-order valence-electron chi connectivity index (χ1n) is 7.30. The van der Waals surface area contributed by atoms with E-state index in [0.29, 0.717) is 35.6 Å². The van der Waals surface area contributed by atoms with Crippen LogP contribution in [0.4, 0.5) is 10.5 Å². The molecule has 0 unspecified atom stereocenters. The molecule has 2 aromatic carbocycles. The zero-order valence-electron chi connectivity index (χ0n) is 12.7. The van der Waals surface area contributed by atoms with E-state index in [1.807, 2.05) is 12.1 Å². The average Bonchev–Trinajstić information content (AvgIpc) is 2.88. The van der Waals surface area contributed by atoms with Crippen molar-refractivity contribution in [2.24, 2.45) is 0 Å². The SMILES string of the molecule is Cc1nc2cc(NC(=O)NCCc3ccc(O)cc3)ccc2o1. The van der Waals surface area contributed by atoms with Crippen molar-refractivity contribution in [1.29, 1.82) is 0 Å². The van der Waals surface area contributed by atoms with Gasteiger partial charge in [0, 0.05) is 19.2 Å². The van der Waals surface area contributed by atoms with Gasteiger partial charge in [-0.3, -0.25) is 0 Å². The standard InChI is InChI=1S/C17H17N3O3/c1-11-19-15-10-13(4-7-16(15)23-11)20-17(22)18-9-8-12-2-5-14(21)6-3-12/h2-7,10,21H,8-9H2,1H3,(H2,18,20,22). The van der Waals surface area contributed by atoms with Crippen LogP contribution in [0.5, 0.6) is 5.75 Å². The molecule has 0 spiro atoms. The Morgan fingerprint density at radius 3 is 2.78 bits per heavy atom. The molecule has 0 fully saturated rings. The molecule has 1 aromatic heterocycles. The van der Waals surface area contributed by atoms with Crippen LogP contribution in [0.15, 0.2) is 46.9 Å². The van der Waals surface area contributed by atoms with E-state index in [1.54, 1.807) is 37.3 Å². The van der Waals surface area contributed by atoms with Crippen LogP contribution in [-0.4, -0.2) is 22.7 Å². The highest BCUT2D eigenvalue weighted by molar-refractivity contribution is 5.91. The topological polar surface area (TPSA) is 87.4 Å². The number of carbonyl (C=O) groups is 1. The second kappa shape index (κ2) is 6.39. The lowest BCUT2D eigenvalue weighted by molar-refractivity contribution is 0.252. The molecule has 0 radical (unpaired) electrons. The average molecular weight is 311 g/mol. The number of phenols is 1. The van der Waals surface area contributed by atoms with Gasteiger partial charge in [-0.15, -0.1) is 0 Å². The molecular weight excluding hydrogens is 294 g/mol. The van der Waals surface area contributed by atoms with E-state index < -0.39 is 0 Å². The molecule has 118 valence electrons. The van der Waals surface area contributed by atoms with Crippen LogP contribution in [0.2, 0.25) is 0 Å². The smallest absolute Gasteiger partial charge is 0.319 e. The number of carbonyl (C=O) groups excluding carboxylic acids is 1. The van der Waals surface area contributed by atoms with E-state index in [2.05, 4.69) is 15.6 Å². The van der Waals surface area contributed by atoms with Crippen LogP contribution in [0.1, 0.15) is 11.5 Å². The van der Waals surface area contributed by atoms with Gasteiger partial charge in [0.2, 0.25) is 0 Å². The van der Waals surface area contributed by atoms with E-state index in [0.717, 1.165) is 5.56 Å². The predicted molar refractivity (Wildman–Crippen MR) is 87.6 cm³/mol. The summed E-state index contributed by atoms with van der Waals surface area (Å²) < 4.78 is 5.39. The van der Waals surface area contributed by atoms with Crippen molar-refractivity contribution < 1.29 is 14.3 Å². The number of oxazole rings is 1. The predicted octanol–water partition coefficient (Wildman–Crippen LogP) is 3.21. The van der Waals surface area contributed by atoms with Crippen molar-refractivity contribution in [3.63, 3.8) is 0 Å². The summed E-state index contributed by atoms with van der Waals surface area (Å²) in [6.07, 6.45) is 0.690. The summed E-state index contributed by atoms with van der Waals surface area (Å²) in [5.74, 6) is 0.827. The van der Waals surface area contributed by atoms with E-state index in [1.165, 1.54) is 0 Å². The molecule has 23 heavy (non-hydrogen) atoms. The van der Waals surface area contributed by atoms with Gasteiger partial charge in [-0.25, -0.2) is 9.78 Å². The summed E-state index contributed by atoms with van der Waals surface area (Å²) in [5.41, 5.74) is 3.11. The van der Waals surface area contributed by atoms with Gasteiger partial charge in [-0.1, -0.05) is 12.1 Å². The quantitative estimate of drug-likeness (QED) is 0.690. The van der Waals surface area contributed by atoms with E-state index in [4.69, 9.17) is 4.42 Å². The maximum atomic E-state index is 11.9. The first-order valence-corrected chi connectivity index (χ1v) is 7.30. The number of amides is 2. The molecule has 6 nitrogen and oxygen atoms in total. The molecular formula is C17H17N3O3. The molecule has 0 saturated carbocycles. The van der Waals surface area contributed by atoms with Crippen molar-refractivity contribution in [1.82, 2.24) is 10.3 Å². The van der Waals surface area contributed by atoms with Crippen molar-refractivity contribution >= 4 is 22.8 Å². The van der Waals surface area contributed by atoms with Gasteiger partial charge in [0.05, 0.1) is 0 Å². The van der Waals surface area contributed by atoms with E-state index in [9.17, 15) is 9.90 Å². The second-order valence-electron chi connectivity index (χ2n) is 5.21. The molecule has 0 aliphatic heterocycles. The first-order chi connectivity index (χ1) is 11.1. The summed E-state index contributed by atoms with van der Waals surface area (Å²) in [7, 11) is 0. The van der Waals surface area contributed by atoms with Gasteiger partial charge in [0.1, 0.15) is 11.3 Å². The number of hydrogen-bond acceptors (Lipinski definition) is 4. The number of benzene rings is 2. The molecule has 1 heterocycles. The number of aromatic hydroxyl groups is 1. The van der Waals surface area contributed by atoms with Gasteiger partial charge in [0.15, 0.2) is 11.5 Å². The summed E-state index contributed by atoms with van der Waals surface area (Å²) in [6.45, 7) is 2.28. The number of anilines is 1. The van der Waals surface area contributed by atoms with Gasteiger partial charge >= 0.3 is 6.03 Å². The fraction of sp³-hybridized carbons (Fsp3) is 0.176. The van der Waals surface area contributed by atoms with Crippen LogP contribution < -0.4 is 10.6 Å². The highest BCUT2D eigenvalue weighted by Crippen LogP contribution is 2.19. The molecule has 0 aliphatic carbocycles. The number of aromatic nitrogens is 1. The van der Waals surface area contributed by atoms with Gasteiger partial charge in [-0.05, 0) is 42.3 Å². The lowest BCUT2D eigenvalue weighted by Gasteiger charge is -2.07. The fourth-order valence-corrected chi connectivity index (χ4v) is 2.28. The lowest BCUT2D eigenvalue weighted by atomic mass is 10.1. The zero-order valence-corrected chi connectivity index (χ0v) is 12.7. The highest BCUT2D eigenvalue weighted by atomic mass is 16.3. The van der Waals surface area contributed by atoms with Crippen molar-refractivity contribution in [3.05, 3.63) is 53.9 Å². The Labute approximate surface area is 133 Å². The number of hydrogen-bond donors (Lipinski definition) is 3. The molecule has 0 bridgehead atoms. The largest absolute Gasteiger partial charge is 0.508 e. The summed E-state index contributed by atoms with van der Waals surface area (Å²) in [5, 5.41) is 14.8. The monoisotopic (exact) mass is 311 g/mol. The Balaban J connectivity index is 1.52. The molecule has 0 saturated heterocycles. The van der Waals surface area contributed by atoms with E-state index >= 15 is 0 Å². The Hall–Kier alpha value is -3.02. The lowest BCUT2D eigenvalue weighted by Crippen LogP contribution is -2.30. The Morgan fingerprint density at radius 2 is 2.00 bits per heavy atom. The van der Waals surface area contributed by atoms with Crippen LogP contribution >= 0.6 is 0 Å². The minimum Gasteiger partial charge on any atom is -0.508 e. The second-order valence-corrected chi connectivity index (χ2v) is 5.21. The van der Waals surface area contributed by atoms with Crippen LogP contribution in [0.3, 0.4) is 0 Å². The number of urea groups is 1. The van der Waals surface area contributed by atoms with Gasteiger partial charge in [0.25, 0.3) is 0 Å². The van der Waals surface area contributed by atoms with Crippen LogP contribution in [-0.2, 0) is 6.42 Å².